The molecule has 1 aromatic rings. The van der Waals surface area contributed by atoms with Crippen LogP contribution in [-0.2, 0) is 0 Å². The van der Waals surface area contributed by atoms with Crippen LogP contribution in [0.3, 0.4) is 0 Å². The Hall–Kier alpha value is -1.91. The van der Waals surface area contributed by atoms with E-state index in [1.165, 1.54) is 20.3 Å². The van der Waals surface area contributed by atoms with E-state index >= 15 is 0 Å². The summed E-state index contributed by atoms with van der Waals surface area (Å²) in [5.74, 6) is -0.698. The van der Waals surface area contributed by atoms with Crippen LogP contribution < -0.4 is 9.47 Å². The van der Waals surface area contributed by atoms with Crippen molar-refractivity contribution in [1.82, 2.24) is 0 Å². The zero-order chi connectivity index (χ0) is 15.8. The predicted molar refractivity (Wildman–Crippen MR) is 80.6 cm³/mol. The highest BCUT2D eigenvalue weighted by Gasteiger charge is 2.23. The Kier molecular flexibility index (Phi) is 6.85. The molecule has 0 spiro atoms. The molecule has 0 aromatic heterocycles. The lowest BCUT2D eigenvalue weighted by Gasteiger charge is -2.14. The van der Waals surface area contributed by atoms with Gasteiger partial charge in [0.2, 0.25) is 5.75 Å². The minimum Gasteiger partial charge on any atom is -0.507 e. The van der Waals surface area contributed by atoms with E-state index in [2.05, 4.69) is 6.92 Å². The summed E-state index contributed by atoms with van der Waals surface area (Å²) in [4.78, 5) is 12.2. The lowest BCUT2D eigenvalue weighted by atomic mass is 10.0. The third kappa shape index (κ3) is 4.28. The molecule has 0 amide bonds. The Labute approximate surface area is 125 Å². The molecule has 21 heavy (non-hydrogen) atoms. The van der Waals surface area contributed by atoms with Gasteiger partial charge in [0.05, 0.1) is 14.2 Å². The van der Waals surface area contributed by atoms with E-state index in [-0.39, 0.29) is 34.3 Å². The molecule has 0 fully saturated rings. The van der Waals surface area contributed by atoms with Crippen molar-refractivity contribution in [3.8, 4) is 23.0 Å². The van der Waals surface area contributed by atoms with Crippen LogP contribution >= 0.6 is 0 Å². The number of rotatable bonds is 9. The number of ether oxygens (including phenoxy) is 2. The highest BCUT2D eigenvalue weighted by Crippen LogP contribution is 2.44. The molecule has 0 unspecified atom stereocenters. The van der Waals surface area contributed by atoms with Gasteiger partial charge in [-0.05, 0) is 6.42 Å². The summed E-state index contributed by atoms with van der Waals surface area (Å²) in [5.41, 5.74) is -0.0943. The molecule has 0 aliphatic rings. The largest absolute Gasteiger partial charge is 0.507 e. The smallest absolute Gasteiger partial charge is 0.204 e. The minimum absolute atomic E-state index is 0.0598. The SMILES string of the molecule is CCCCCCCC(=O)c1c(O)cc(OC)c(OC)c1O. The Bertz CT molecular complexity index is 482. The fourth-order valence-corrected chi connectivity index (χ4v) is 2.25. The summed E-state index contributed by atoms with van der Waals surface area (Å²) in [6.45, 7) is 2.13. The number of aromatic hydroxyl groups is 2. The summed E-state index contributed by atoms with van der Waals surface area (Å²) in [6, 6.07) is 1.28. The molecular formula is C16H24O5. The molecule has 1 aromatic carbocycles. The highest BCUT2D eigenvalue weighted by atomic mass is 16.5. The lowest BCUT2D eigenvalue weighted by molar-refractivity contribution is 0.0973. The third-order valence-corrected chi connectivity index (χ3v) is 3.41. The second-order valence-electron chi connectivity index (χ2n) is 4.94. The fourth-order valence-electron chi connectivity index (χ4n) is 2.25. The van der Waals surface area contributed by atoms with Crippen molar-refractivity contribution in [3.05, 3.63) is 11.6 Å². The van der Waals surface area contributed by atoms with Crippen LogP contribution in [0.25, 0.3) is 0 Å². The van der Waals surface area contributed by atoms with Gasteiger partial charge < -0.3 is 19.7 Å². The molecule has 0 saturated carbocycles. The molecule has 118 valence electrons. The number of unbranched alkanes of at least 4 members (excludes halogenated alkanes) is 4. The summed E-state index contributed by atoms with van der Waals surface area (Å²) < 4.78 is 10.0. The first kappa shape index (κ1) is 17.1. The molecule has 0 atom stereocenters. The van der Waals surface area contributed by atoms with Crippen molar-refractivity contribution in [3.63, 3.8) is 0 Å². The first-order valence-electron chi connectivity index (χ1n) is 7.26. The molecule has 0 radical (unpaired) electrons. The first-order chi connectivity index (χ1) is 10.1. The monoisotopic (exact) mass is 296 g/mol. The van der Waals surface area contributed by atoms with Gasteiger partial charge in [0, 0.05) is 12.5 Å². The average Bonchev–Trinajstić information content (AvgIpc) is 2.46. The van der Waals surface area contributed by atoms with Crippen molar-refractivity contribution >= 4 is 5.78 Å². The van der Waals surface area contributed by atoms with Gasteiger partial charge in [-0.1, -0.05) is 32.6 Å². The quantitative estimate of drug-likeness (QED) is 0.537. The number of hydrogen-bond acceptors (Lipinski definition) is 5. The molecule has 1 rings (SSSR count). The molecule has 2 N–H and O–H groups in total. The van der Waals surface area contributed by atoms with E-state index in [4.69, 9.17) is 9.47 Å². The zero-order valence-electron chi connectivity index (χ0n) is 12.9. The topological polar surface area (TPSA) is 76.0 Å². The first-order valence-corrected chi connectivity index (χ1v) is 7.26. The van der Waals surface area contributed by atoms with Crippen LogP contribution in [0.5, 0.6) is 23.0 Å². The van der Waals surface area contributed by atoms with Crippen LogP contribution in [0.1, 0.15) is 55.8 Å². The van der Waals surface area contributed by atoms with Gasteiger partial charge in [-0.25, -0.2) is 0 Å². The van der Waals surface area contributed by atoms with Crippen LogP contribution in [0.4, 0.5) is 0 Å². The van der Waals surface area contributed by atoms with E-state index in [1.54, 1.807) is 0 Å². The van der Waals surface area contributed by atoms with Crippen molar-refractivity contribution in [2.75, 3.05) is 14.2 Å². The van der Waals surface area contributed by atoms with Crippen molar-refractivity contribution in [2.24, 2.45) is 0 Å². The van der Waals surface area contributed by atoms with Crippen molar-refractivity contribution in [2.45, 2.75) is 45.4 Å². The van der Waals surface area contributed by atoms with Gasteiger partial charge >= 0.3 is 0 Å². The maximum atomic E-state index is 12.2. The third-order valence-electron chi connectivity index (χ3n) is 3.41. The second-order valence-corrected chi connectivity index (χ2v) is 4.94. The van der Waals surface area contributed by atoms with Crippen LogP contribution in [0.2, 0.25) is 0 Å². The van der Waals surface area contributed by atoms with Crippen molar-refractivity contribution in [1.29, 1.82) is 0 Å². The predicted octanol–water partition coefficient (Wildman–Crippen LogP) is 3.66. The number of benzene rings is 1. The number of phenolic OH excluding ortho intramolecular Hbond substituents is 2. The van der Waals surface area contributed by atoms with Gasteiger partial charge in [-0.2, -0.15) is 0 Å². The number of carbonyl (C=O) groups excluding carboxylic acids is 1. The minimum atomic E-state index is -0.368. The Morgan fingerprint density at radius 3 is 2.33 bits per heavy atom. The number of hydrogen-bond donors (Lipinski definition) is 2. The maximum Gasteiger partial charge on any atom is 0.204 e. The fraction of sp³-hybridized carbons (Fsp3) is 0.562. The zero-order valence-corrected chi connectivity index (χ0v) is 12.9. The molecule has 5 nitrogen and oxygen atoms in total. The maximum absolute atomic E-state index is 12.2. The number of ketones is 1. The molecule has 0 aliphatic heterocycles. The normalized spacial score (nSPS) is 10.4. The summed E-state index contributed by atoms with van der Waals surface area (Å²) in [7, 11) is 2.76. The molecule has 0 saturated heterocycles. The molecular weight excluding hydrogens is 272 g/mol. The van der Waals surface area contributed by atoms with Crippen LogP contribution in [0.15, 0.2) is 6.07 Å². The van der Waals surface area contributed by atoms with Gasteiger partial charge in [-0.15, -0.1) is 0 Å². The van der Waals surface area contributed by atoms with Gasteiger partial charge in [0.25, 0.3) is 0 Å². The summed E-state index contributed by atoms with van der Waals surface area (Å²) in [6.07, 6.45) is 5.39. The Morgan fingerprint density at radius 1 is 1.10 bits per heavy atom. The summed E-state index contributed by atoms with van der Waals surface area (Å²) >= 11 is 0. The van der Waals surface area contributed by atoms with E-state index in [9.17, 15) is 15.0 Å². The standard InChI is InChI=1S/C16H24O5/c1-4-5-6-7-8-9-11(17)14-12(18)10-13(20-2)16(21-3)15(14)19/h10,18-19H,4-9H2,1-3H3. The van der Waals surface area contributed by atoms with Crippen LogP contribution in [-0.4, -0.2) is 30.2 Å². The average molecular weight is 296 g/mol. The second kappa shape index (κ2) is 8.39. The Morgan fingerprint density at radius 2 is 1.76 bits per heavy atom. The van der Waals surface area contributed by atoms with E-state index in [0.717, 1.165) is 32.1 Å². The summed E-state index contributed by atoms with van der Waals surface area (Å²) in [5, 5.41) is 20.0. The molecule has 0 heterocycles. The number of carbonyl (C=O) groups is 1. The number of methoxy groups -OCH3 is 2. The van der Waals surface area contributed by atoms with E-state index in [1.807, 2.05) is 0 Å². The van der Waals surface area contributed by atoms with Crippen molar-refractivity contribution < 1.29 is 24.5 Å². The van der Waals surface area contributed by atoms with Gasteiger partial charge in [-0.3, -0.25) is 4.79 Å². The van der Waals surface area contributed by atoms with Gasteiger partial charge in [0.15, 0.2) is 17.3 Å². The lowest BCUT2D eigenvalue weighted by Crippen LogP contribution is -2.02. The molecule has 5 heteroatoms. The Balaban J connectivity index is 2.84. The van der Waals surface area contributed by atoms with E-state index in [0.29, 0.717) is 6.42 Å². The number of Topliss-reactive ketones (excluding diaryl/α,β-unsaturated/α-hetero) is 1. The van der Waals surface area contributed by atoms with Crippen LogP contribution in [0, 0.1) is 0 Å². The molecule has 0 bridgehead atoms. The van der Waals surface area contributed by atoms with Gasteiger partial charge in [0.1, 0.15) is 11.3 Å². The molecule has 0 aliphatic carbocycles. The number of phenols is 2. The van der Waals surface area contributed by atoms with E-state index < -0.39 is 0 Å². The highest BCUT2D eigenvalue weighted by molar-refractivity contribution is 6.02.